The lowest BCUT2D eigenvalue weighted by atomic mass is 10.0. The average Bonchev–Trinajstić information content (AvgIpc) is 3.37. The van der Waals surface area contributed by atoms with Crippen LogP contribution in [0.1, 0.15) is 24.4 Å². The zero-order valence-electron chi connectivity index (χ0n) is 19.3. The molecule has 15 heteroatoms. The van der Waals surface area contributed by atoms with Crippen molar-refractivity contribution >= 4 is 11.9 Å². The summed E-state index contributed by atoms with van der Waals surface area (Å²) < 4.78 is 81.4. The minimum atomic E-state index is -5.08. The molecule has 2 aliphatic heterocycles. The summed E-state index contributed by atoms with van der Waals surface area (Å²) in [5.74, 6) is -2.74. The van der Waals surface area contributed by atoms with Crippen molar-refractivity contribution in [3.63, 3.8) is 0 Å². The normalized spacial score (nSPS) is 21.5. The Labute approximate surface area is 206 Å². The van der Waals surface area contributed by atoms with Gasteiger partial charge in [-0.05, 0) is 44.0 Å². The number of carboxylic acids is 2. The number of aliphatic carboxylic acids is 2. The summed E-state index contributed by atoms with van der Waals surface area (Å²) in [6, 6.07) is 8.32. The first-order chi connectivity index (χ1) is 17.2. The van der Waals surface area contributed by atoms with Gasteiger partial charge in [0.1, 0.15) is 29.5 Å². The van der Waals surface area contributed by atoms with Gasteiger partial charge >= 0.3 is 24.3 Å². The van der Waals surface area contributed by atoms with Crippen molar-refractivity contribution in [1.29, 1.82) is 0 Å². The van der Waals surface area contributed by atoms with E-state index in [1.165, 1.54) is 0 Å². The quantitative estimate of drug-likeness (QED) is 0.551. The first-order valence-electron chi connectivity index (χ1n) is 10.8. The zero-order valence-corrected chi connectivity index (χ0v) is 19.3. The number of pyridine rings is 1. The van der Waals surface area contributed by atoms with Crippen LogP contribution in [0.3, 0.4) is 0 Å². The summed E-state index contributed by atoms with van der Waals surface area (Å²) in [7, 11) is 0. The van der Waals surface area contributed by atoms with E-state index >= 15 is 0 Å². The summed E-state index contributed by atoms with van der Waals surface area (Å²) in [6.45, 7) is 4.46. The van der Waals surface area contributed by atoms with E-state index in [1.807, 2.05) is 25.1 Å². The molecule has 0 aromatic carbocycles. The van der Waals surface area contributed by atoms with Gasteiger partial charge in [0, 0.05) is 25.4 Å². The Morgan fingerprint density at radius 1 is 1.11 bits per heavy atom. The molecule has 0 aliphatic carbocycles. The molecule has 2 aliphatic rings. The number of carbonyl (C=O) groups is 2. The fourth-order valence-electron chi connectivity index (χ4n) is 3.65. The van der Waals surface area contributed by atoms with Crippen molar-refractivity contribution in [1.82, 2.24) is 9.88 Å². The molecule has 9 nitrogen and oxygen atoms in total. The molecule has 2 aromatic rings. The number of alkyl halides is 6. The van der Waals surface area contributed by atoms with Gasteiger partial charge in [-0.2, -0.15) is 26.3 Å². The van der Waals surface area contributed by atoms with Crippen LogP contribution >= 0.6 is 0 Å². The topological polar surface area (TPSA) is 122 Å². The van der Waals surface area contributed by atoms with Gasteiger partial charge in [-0.15, -0.1) is 0 Å². The Hall–Kier alpha value is -3.33. The van der Waals surface area contributed by atoms with E-state index < -0.39 is 24.3 Å². The SMILES string of the molecule is Cc1ccc(CN2C[C@H](Oc3cccnc3)[C@H]3OCCC[C@@H]32)o1.O=C(O)C(F)(F)F.O=C(O)C(F)(F)F. The number of likely N-dealkylation sites (tertiary alicyclic amines) is 1. The van der Waals surface area contributed by atoms with Crippen LogP contribution in [-0.4, -0.2) is 75.8 Å². The van der Waals surface area contributed by atoms with Gasteiger partial charge < -0.3 is 24.1 Å². The maximum absolute atomic E-state index is 10.6. The third-order valence-electron chi connectivity index (χ3n) is 5.15. The van der Waals surface area contributed by atoms with Gasteiger partial charge in [0.25, 0.3) is 0 Å². The van der Waals surface area contributed by atoms with Crippen LogP contribution in [-0.2, 0) is 20.9 Å². The lowest BCUT2D eigenvalue weighted by Gasteiger charge is -2.31. The molecule has 37 heavy (non-hydrogen) atoms. The molecule has 0 saturated carbocycles. The number of furan rings is 1. The van der Waals surface area contributed by atoms with Gasteiger partial charge in [0.15, 0.2) is 0 Å². The van der Waals surface area contributed by atoms with Crippen LogP contribution in [0.15, 0.2) is 41.1 Å². The molecule has 0 unspecified atom stereocenters. The van der Waals surface area contributed by atoms with E-state index in [0.29, 0.717) is 6.04 Å². The number of ether oxygens (including phenoxy) is 2. The number of aromatic nitrogens is 1. The Morgan fingerprint density at radius 2 is 1.73 bits per heavy atom. The van der Waals surface area contributed by atoms with Gasteiger partial charge in [-0.1, -0.05) is 0 Å². The Morgan fingerprint density at radius 3 is 2.22 bits per heavy atom. The van der Waals surface area contributed by atoms with E-state index in [-0.39, 0.29) is 12.2 Å². The van der Waals surface area contributed by atoms with Crippen molar-refractivity contribution in [2.45, 2.75) is 56.9 Å². The van der Waals surface area contributed by atoms with Gasteiger partial charge in [0.05, 0.1) is 12.7 Å². The molecular weight excluding hydrogens is 518 g/mol. The Bertz CT molecular complexity index is 989. The Balaban J connectivity index is 0.000000286. The van der Waals surface area contributed by atoms with Crippen LogP contribution in [0, 0.1) is 6.92 Å². The van der Waals surface area contributed by atoms with Gasteiger partial charge in [0.2, 0.25) is 0 Å². The lowest BCUT2D eigenvalue weighted by Crippen LogP contribution is -2.42. The summed E-state index contributed by atoms with van der Waals surface area (Å²) in [4.78, 5) is 24.4. The molecule has 0 bridgehead atoms. The Kier molecular flexibility index (Phi) is 10.3. The van der Waals surface area contributed by atoms with Crippen molar-refractivity contribution in [2.75, 3.05) is 13.2 Å². The largest absolute Gasteiger partial charge is 0.490 e. The van der Waals surface area contributed by atoms with Crippen molar-refractivity contribution < 1.29 is 60.0 Å². The summed E-state index contributed by atoms with van der Waals surface area (Å²) in [5, 5.41) is 14.2. The maximum atomic E-state index is 10.6. The second kappa shape index (κ2) is 12.8. The number of halogens is 6. The highest BCUT2D eigenvalue weighted by molar-refractivity contribution is 5.73. The molecule has 2 N–H and O–H groups in total. The summed E-state index contributed by atoms with van der Waals surface area (Å²) >= 11 is 0. The minimum Gasteiger partial charge on any atom is -0.485 e. The van der Waals surface area contributed by atoms with Crippen LogP contribution in [0.25, 0.3) is 0 Å². The highest BCUT2D eigenvalue weighted by Crippen LogP contribution is 2.32. The van der Waals surface area contributed by atoms with Crippen molar-refractivity contribution in [2.24, 2.45) is 0 Å². The highest BCUT2D eigenvalue weighted by atomic mass is 19.4. The molecule has 2 fully saturated rings. The third-order valence-corrected chi connectivity index (χ3v) is 5.15. The van der Waals surface area contributed by atoms with E-state index in [4.69, 9.17) is 33.7 Å². The molecule has 206 valence electrons. The summed E-state index contributed by atoms with van der Waals surface area (Å²) in [5.41, 5.74) is 0. The molecule has 2 saturated heterocycles. The number of rotatable bonds is 4. The molecule has 2 aromatic heterocycles. The van der Waals surface area contributed by atoms with Crippen LogP contribution in [0.2, 0.25) is 0 Å². The molecule has 4 heterocycles. The number of nitrogens with zero attached hydrogens (tertiary/aromatic N) is 2. The van der Waals surface area contributed by atoms with Gasteiger partial charge in [-0.25, -0.2) is 9.59 Å². The second-order valence-electron chi connectivity index (χ2n) is 7.94. The van der Waals surface area contributed by atoms with E-state index in [1.54, 1.807) is 12.4 Å². The molecule has 0 spiro atoms. The van der Waals surface area contributed by atoms with Crippen LogP contribution < -0.4 is 4.74 Å². The minimum absolute atomic E-state index is 0.0422. The standard InChI is InChI=1S/C18H22N2O3.2C2HF3O2/c1-13-6-7-15(22-13)11-20-12-17(18-16(20)5-3-9-21-18)23-14-4-2-8-19-10-14;2*3-2(4,5)1(6)7/h2,4,6-8,10,16-18H,3,5,9,11-12H2,1H3;2*(H,6,7)/t16-,17-,18-;;/m0../s1. The predicted molar refractivity (Wildman–Crippen MR) is 113 cm³/mol. The maximum Gasteiger partial charge on any atom is 0.490 e. The molecular formula is C22H24F6N2O7. The molecule has 3 atom stereocenters. The lowest BCUT2D eigenvalue weighted by molar-refractivity contribution is -0.193. The number of aryl methyl sites for hydroxylation is 1. The highest BCUT2D eigenvalue weighted by Gasteiger charge is 2.45. The van der Waals surface area contributed by atoms with Crippen LogP contribution in [0.4, 0.5) is 26.3 Å². The van der Waals surface area contributed by atoms with E-state index in [9.17, 15) is 26.3 Å². The first-order valence-corrected chi connectivity index (χ1v) is 10.8. The number of hydrogen-bond acceptors (Lipinski definition) is 7. The zero-order chi connectivity index (χ0) is 27.8. The van der Waals surface area contributed by atoms with E-state index in [0.717, 1.165) is 49.8 Å². The number of fused-ring (bicyclic) bond motifs is 1. The fourth-order valence-corrected chi connectivity index (χ4v) is 3.65. The molecule has 0 radical (unpaired) electrons. The first kappa shape index (κ1) is 29.9. The molecule has 4 rings (SSSR count). The summed E-state index contributed by atoms with van der Waals surface area (Å²) in [6.07, 6.45) is -4.23. The average molecular weight is 542 g/mol. The van der Waals surface area contributed by atoms with Crippen molar-refractivity contribution in [3.8, 4) is 5.75 Å². The van der Waals surface area contributed by atoms with E-state index in [2.05, 4.69) is 16.0 Å². The molecule has 0 amide bonds. The third kappa shape index (κ3) is 9.57. The fraction of sp³-hybridized carbons (Fsp3) is 0.500. The van der Waals surface area contributed by atoms with Crippen LogP contribution in [0.5, 0.6) is 5.75 Å². The van der Waals surface area contributed by atoms with Crippen molar-refractivity contribution in [3.05, 3.63) is 48.2 Å². The second-order valence-corrected chi connectivity index (χ2v) is 7.94. The van der Waals surface area contributed by atoms with Gasteiger partial charge in [-0.3, -0.25) is 9.88 Å². The number of carboxylic acid groups (broad SMARTS) is 2. The predicted octanol–water partition coefficient (Wildman–Crippen LogP) is 4.06. The smallest absolute Gasteiger partial charge is 0.485 e. The monoisotopic (exact) mass is 542 g/mol. The number of hydrogen-bond donors (Lipinski definition) is 2.